The number of imidazole rings is 1. The smallest absolute Gasteiger partial charge is 0.165 e. The van der Waals surface area contributed by atoms with Crippen molar-refractivity contribution in [2.75, 3.05) is 13.1 Å². The fraction of sp³-hybridized carbons (Fsp3) is 0.333. The maximum Gasteiger partial charge on any atom is 0.165 e. The molecule has 0 amide bonds. The van der Waals surface area contributed by atoms with Crippen molar-refractivity contribution in [2.45, 2.75) is 39.3 Å². The van der Waals surface area contributed by atoms with Crippen molar-refractivity contribution >= 4 is 10.9 Å². The van der Waals surface area contributed by atoms with Crippen molar-refractivity contribution < 1.29 is 9.50 Å². The second kappa shape index (κ2) is 8.03. The van der Waals surface area contributed by atoms with Gasteiger partial charge >= 0.3 is 0 Å². The summed E-state index contributed by atoms with van der Waals surface area (Å²) in [7, 11) is 0. The maximum absolute atomic E-state index is 14.0. The van der Waals surface area contributed by atoms with Gasteiger partial charge in [-0.05, 0) is 54.3 Å². The molecule has 166 valence electrons. The van der Waals surface area contributed by atoms with E-state index in [0.29, 0.717) is 6.42 Å². The van der Waals surface area contributed by atoms with E-state index in [1.807, 2.05) is 32.0 Å². The summed E-state index contributed by atoms with van der Waals surface area (Å²) in [6, 6.07) is 8.93. The zero-order valence-electron chi connectivity index (χ0n) is 18.2. The predicted octanol–water partition coefficient (Wildman–Crippen LogP) is 3.73. The highest BCUT2D eigenvalue weighted by molar-refractivity contribution is 5.94. The molecule has 1 aliphatic heterocycles. The van der Waals surface area contributed by atoms with Gasteiger partial charge in [0, 0.05) is 37.5 Å². The van der Waals surface area contributed by atoms with Gasteiger partial charge in [0.2, 0.25) is 0 Å². The summed E-state index contributed by atoms with van der Waals surface area (Å²) < 4.78 is 14.0. The van der Waals surface area contributed by atoms with Gasteiger partial charge in [-0.1, -0.05) is 13.0 Å². The average molecular weight is 435 g/mol. The highest BCUT2D eigenvalue weighted by Crippen LogP contribution is 2.34. The number of benzene rings is 2. The number of phenolic OH excluding ortho intramolecular Hbond substituents is 1. The molecule has 5 rings (SSSR count). The van der Waals surface area contributed by atoms with E-state index in [2.05, 4.69) is 20.1 Å². The number of aryl methyl sites for hydroxylation is 1. The molecule has 2 aromatic carbocycles. The van der Waals surface area contributed by atoms with E-state index in [0.717, 1.165) is 76.6 Å². The molecule has 0 aliphatic carbocycles. The van der Waals surface area contributed by atoms with Gasteiger partial charge in [-0.15, -0.1) is 0 Å². The van der Waals surface area contributed by atoms with Gasteiger partial charge in [0.15, 0.2) is 17.4 Å². The van der Waals surface area contributed by atoms with Gasteiger partial charge in [-0.2, -0.15) is 5.10 Å². The molecule has 1 aliphatic rings. The van der Waals surface area contributed by atoms with Crippen molar-refractivity contribution in [3.05, 3.63) is 53.1 Å². The number of phenols is 1. The van der Waals surface area contributed by atoms with E-state index in [4.69, 9.17) is 10.7 Å². The van der Waals surface area contributed by atoms with Crippen molar-refractivity contribution in [3.8, 4) is 28.4 Å². The summed E-state index contributed by atoms with van der Waals surface area (Å²) in [5, 5.41) is 18.3. The molecule has 0 spiro atoms. The molecule has 2 aromatic heterocycles. The second-order valence-electron chi connectivity index (χ2n) is 8.62. The zero-order chi connectivity index (χ0) is 22.4. The molecule has 5 N–H and O–H groups in total. The number of rotatable bonds is 5. The van der Waals surface area contributed by atoms with E-state index in [1.54, 1.807) is 0 Å². The fourth-order valence-corrected chi connectivity index (χ4v) is 4.56. The summed E-state index contributed by atoms with van der Waals surface area (Å²) >= 11 is 0. The molecule has 0 bridgehead atoms. The first-order valence-electron chi connectivity index (χ1n) is 11.0. The largest absolute Gasteiger partial charge is 0.505 e. The van der Waals surface area contributed by atoms with Crippen molar-refractivity contribution in [1.82, 2.24) is 25.1 Å². The van der Waals surface area contributed by atoms with Crippen LogP contribution in [-0.2, 0) is 19.4 Å². The lowest BCUT2D eigenvalue weighted by Crippen LogP contribution is -2.38. The number of halogens is 1. The van der Waals surface area contributed by atoms with Crippen LogP contribution in [0.15, 0.2) is 30.3 Å². The van der Waals surface area contributed by atoms with Crippen LogP contribution in [-0.4, -0.2) is 49.3 Å². The Kier molecular flexibility index (Phi) is 5.19. The number of nitrogens with two attached hydrogens (primary N) is 1. The summed E-state index contributed by atoms with van der Waals surface area (Å²) in [6.07, 6.45) is 1.57. The summed E-state index contributed by atoms with van der Waals surface area (Å²) in [5.74, 6) is -0.194. The first-order chi connectivity index (χ1) is 15.4. The van der Waals surface area contributed by atoms with Crippen LogP contribution in [0.3, 0.4) is 0 Å². The number of H-pyrrole nitrogens is 2. The van der Waals surface area contributed by atoms with Crippen molar-refractivity contribution in [2.24, 2.45) is 5.73 Å². The molecule has 0 fully saturated rings. The Labute approximate surface area is 185 Å². The second-order valence-corrected chi connectivity index (χ2v) is 8.62. The van der Waals surface area contributed by atoms with Gasteiger partial charge in [0.1, 0.15) is 5.69 Å². The topological polar surface area (TPSA) is 107 Å². The van der Waals surface area contributed by atoms with Crippen LogP contribution >= 0.6 is 0 Å². The van der Waals surface area contributed by atoms with Crippen LogP contribution in [0.1, 0.15) is 30.8 Å². The normalized spacial score (nSPS) is 15.2. The zero-order valence-corrected chi connectivity index (χ0v) is 18.2. The van der Waals surface area contributed by atoms with Gasteiger partial charge in [0.25, 0.3) is 0 Å². The predicted molar refractivity (Wildman–Crippen MR) is 123 cm³/mol. The Morgan fingerprint density at radius 3 is 2.91 bits per heavy atom. The molecular formula is C24H27FN6O. The Balaban J connectivity index is 1.49. The van der Waals surface area contributed by atoms with Gasteiger partial charge in [-0.3, -0.25) is 10.00 Å². The number of nitrogens with one attached hydrogen (secondary N) is 2. The number of fused-ring (bicyclic) bond motifs is 2. The molecule has 8 heteroatoms. The molecule has 0 radical (unpaired) electrons. The van der Waals surface area contributed by atoms with Crippen molar-refractivity contribution in [3.63, 3.8) is 0 Å². The Hall–Kier alpha value is -3.23. The monoisotopic (exact) mass is 434 g/mol. The average Bonchev–Trinajstić information content (AvgIpc) is 3.37. The lowest BCUT2D eigenvalue weighted by molar-refractivity contribution is 0.239. The minimum absolute atomic E-state index is 0.138. The molecule has 0 unspecified atom stereocenters. The standard InChI is InChI=1S/C24H27FN6O/c1-3-14-9-22(32)18(25)10-17(14)15-4-5-16-20(8-15)29-30-23(16)24-27-19-6-7-31(11-13(2)26)12-21(19)28-24/h4-5,8-10,13,32H,3,6-7,11-12,26H2,1-2H3,(H,27,28)(H,29,30)/t13-/m0/s1. The molecule has 4 aromatic rings. The number of nitrogens with zero attached hydrogens (tertiary/aromatic N) is 3. The maximum atomic E-state index is 14.0. The lowest BCUT2D eigenvalue weighted by Gasteiger charge is -2.27. The Bertz CT molecular complexity index is 1290. The fourth-order valence-electron chi connectivity index (χ4n) is 4.56. The lowest BCUT2D eigenvalue weighted by atomic mass is 9.96. The third kappa shape index (κ3) is 3.65. The van der Waals surface area contributed by atoms with Crippen LogP contribution < -0.4 is 5.73 Å². The first-order valence-corrected chi connectivity index (χ1v) is 11.0. The van der Waals surface area contributed by atoms with E-state index < -0.39 is 5.82 Å². The Morgan fingerprint density at radius 1 is 1.28 bits per heavy atom. The highest BCUT2D eigenvalue weighted by Gasteiger charge is 2.23. The van der Waals surface area contributed by atoms with E-state index in [1.165, 1.54) is 12.1 Å². The molecular weight excluding hydrogens is 407 g/mol. The van der Waals surface area contributed by atoms with Crippen LogP contribution in [0.5, 0.6) is 5.75 Å². The number of aromatic hydroxyl groups is 1. The van der Waals surface area contributed by atoms with E-state index >= 15 is 0 Å². The van der Waals surface area contributed by atoms with Crippen molar-refractivity contribution in [1.29, 1.82) is 0 Å². The van der Waals surface area contributed by atoms with E-state index in [9.17, 15) is 9.50 Å². The molecule has 32 heavy (non-hydrogen) atoms. The van der Waals surface area contributed by atoms with Gasteiger partial charge in [0.05, 0.1) is 16.9 Å². The number of aromatic nitrogens is 4. The van der Waals surface area contributed by atoms with Crippen LogP contribution in [0.4, 0.5) is 4.39 Å². The molecule has 3 heterocycles. The van der Waals surface area contributed by atoms with Gasteiger partial charge < -0.3 is 15.8 Å². The summed E-state index contributed by atoms with van der Waals surface area (Å²) in [6.45, 7) is 6.62. The molecule has 7 nitrogen and oxygen atoms in total. The SMILES string of the molecule is CCc1cc(O)c(F)cc1-c1ccc2c(-c3nc4c([nH]3)CN(C[C@H](C)N)CC4)n[nH]c2c1. The number of hydrogen-bond acceptors (Lipinski definition) is 5. The summed E-state index contributed by atoms with van der Waals surface area (Å²) in [4.78, 5) is 10.6. The first kappa shape index (κ1) is 20.7. The quantitative estimate of drug-likeness (QED) is 0.383. The third-order valence-corrected chi connectivity index (χ3v) is 6.11. The summed E-state index contributed by atoms with van der Waals surface area (Å²) in [5.41, 5.74) is 12.3. The minimum Gasteiger partial charge on any atom is -0.505 e. The molecule has 0 saturated carbocycles. The van der Waals surface area contributed by atoms with Crippen LogP contribution in [0, 0.1) is 5.82 Å². The third-order valence-electron chi connectivity index (χ3n) is 6.11. The minimum atomic E-state index is -0.623. The highest BCUT2D eigenvalue weighted by atomic mass is 19.1. The number of aromatic amines is 2. The number of hydrogen-bond donors (Lipinski definition) is 4. The molecule has 0 saturated heterocycles. The van der Waals surface area contributed by atoms with Crippen LogP contribution in [0.25, 0.3) is 33.5 Å². The van der Waals surface area contributed by atoms with Gasteiger partial charge in [-0.25, -0.2) is 9.37 Å². The Morgan fingerprint density at radius 2 is 2.12 bits per heavy atom. The van der Waals surface area contributed by atoms with Crippen LogP contribution in [0.2, 0.25) is 0 Å². The molecule has 1 atom stereocenters. The van der Waals surface area contributed by atoms with E-state index in [-0.39, 0.29) is 11.8 Å².